The largest absolute Gasteiger partial charge is 0.358 e. The molecule has 1 atom stereocenters. The molecule has 5 rings (SSSR count). The summed E-state index contributed by atoms with van der Waals surface area (Å²) in [7, 11) is 0. The quantitative estimate of drug-likeness (QED) is 0.563. The van der Waals surface area contributed by atoms with E-state index in [0.29, 0.717) is 11.7 Å². The molecule has 7 heteroatoms. The molecule has 1 saturated carbocycles. The smallest absolute Gasteiger partial charge is 0.182 e. The zero-order chi connectivity index (χ0) is 18.2. The van der Waals surface area contributed by atoms with Gasteiger partial charge >= 0.3 is 0 Å². The number of aromatic amines is 1. The van der Waals surface area contributed by atoms with Gasteiger partial charge < -0.3 is 14.9 Å². The van der Waals surface area contributed by atoms with Crippen molar-refractivity contribution in [2.45, 2.75) is 51.1 Å². The summed E-state index contributed by atoms with van der Waals surface area (Å²) in [4.78, 5) is 20.9. The number of anilines is 1. The number of aromatic nitrogens is 6. The molecular formula is C20H23N7. The first-order valence-electron chi connectivity index (χ1n) is 9.69. The van der Waals surface area contributed by atoms with E-state index in [1.165, 1.54) is 37.6 Å². The predicted molar refractivity (Wildman–Crippen MR) is 106 cm³/mol. The van der Waals surface area contributed by atoms with Crippen LogP contribution >= 0.6 is 0 Å². The summed E-state index contributed by atoms with van der Waals surface area (Å²) in [6, 6.07) is 8.97. The number of fused-ring (bicyclic) bond motifs is 2. The Labute approximate surface area is 157 Å². The lowest BCUT2D eigenvalue weighted by atomic mass is 9.95. The second-order valence-electron chi connectivity index (χ2n) is 7.31. The van der Waals surface area contributed by atoms with Gasteiger partial charge in [0.2, 0.25) is 0 Å². The zero-order valence-electron chi connectivity index (χ0n) is 15.4. The van der Waals surface area contributed by atoms with E-state index in [9.17, 15) is 0 Å². The van der Waals surface area contributed by atoms with Crippen LogP contribution in [-0.2, 0) is 0 Å². The summed E-state index contributed by atoms with van der Waals surface area (Å²) in [5, 5.41) is 3.52. The fourth-order valence-electron chi connectivity index (χ4n) is 4.24. The van der Waals surface area contributed by atoms with E-state index in [0.717, 1.165) is 22.7 Å². The topological polar surface area (TPSA) is 84.3 Å². The number of H-pyrrole nitrogens is 1. The van der Waals surface area contributed by atoms with Gasteiger partial charge in [0, 0.05) is 6.04 Å². The van der Waals surface area contributed by atoms with E-state index in [4.69, 9.17) is 4.98 Å². The number of nitrogens with zero attached hydrogens (tertiary/aromatic N) is 5. The van der Waals surface area contributed by atoms with Crippen molar-refractivity contribution in [3.05, 3.63) is 42.7 Å². The second kappa shape index (κ2) is 6.64. The van der Waals surface area contributed by atoms with Gasteiger partial charge in [0.1, 0.15) is 17.7 Å². The highest BCUT2D eigenvalue weighted by Gasteiger charge is 2.24. The average molecular weight is 361 g/mol. The average Bonchev–Trinajstić information content (AvgIpc) is 3.34. The van der Waals surface area contributed by atoms with Crippen LogP contribution in [0.2, 0.25) is 0 Å². The predicted octanol–water partition coefficient (Wildman–Crippen LogP) is 4.38. The van der Waals surface area contributed by atoms with E-state index in [1.807, 2.05) is 0 Å². The third-order valence-electron chi connectivity index (χ3n) is 5.53. The lowest BCUT2D eigenvalue weighted by Gasteiger charge is -2.27. The van der Waals surface area contributed by atoms with Gasteiger partial charge in [-0.3, -0.25) is 0 Å². The molecule has 0 bridgehead atoms. The first-order chi connectivity index (χ1) is 13.3. The number of hydrogen-bond acceptors (Lipinski definition) is 5. The fraction of sp³-hybridized carbons (Fsp3) is 0.400. The molecule has 3 aromatic heterocycles. The van der Waals surface area contributed by atoms with Crippen molar-refractivity contribution in [2.75, 3.05) is 5.32 Å². The summed E-state index contributed by atoms with van der Waals surface area (Å²) in [6.07, 6.45) is 9.55. The Kier molecular flexibility index (Phi) is 3.99. The molecule has 0 unspecified atom stereocenters. The van der Waals surface area contributed by atoms with E-state index in [2.05, 4.69) is 61.0 Å². The Bertz CT molecular complexity index is 1070. The van der Waals surface area contributed by atoms with Crippen molar-refractivity contribution in [2.24, 2.45) is 0 Å². The van der Waals surface area contributed by atoms with Crippen molar-refractivity contribution in [1.29, 1.82) is 0 Å². The number of para-hydroxylation sites is 2. The Hall–Kier alpha value is -2.96. The molecule has 0 aliphatic heterocycles. The molecule has 0 saturated heterocycles. The lowest BCUT2D eigenvalue weighted by Crippen LogP contribution is -2.20. The molecular weight excluding hydrogens is 338 g/mol. The van der Waals surface area contributed by atoms with Gasteiger partial charge in [-0.1, -0.05) is 31.4 Å². The SMILES string of the molecule is C[C@H](Nc1ncnc2nc[nH]c12)c1nc2ccccc2n1C1CCCCC1. The lowest BCUT2D eigenvalue weighted by molar-refractivity contribution is 0.350. The minimum Gasteiger partial charge on any atom is -0.358 e. The van der Waals surface area contributed by atoms with Gasteiger partial charge in [0.05, 0.1) is 23.4 Å². The van der Waals surface area contributed by atoms with Crippen LogP contribution in [0.15, 0.2) is 36.9 Å². The van der Waals surface area contributed by atoms with Crippen LogP contribution in [0, 0.1) is 0 Å². The second-order valence-corrected chi connectivity index (χ2v) is 7.31. The minimum atomic E-state index is 0.0146. The number of nitrogens with one attached hydrogen (secondary N) is 2. The maximum Gasteiger partial charge on any atom is 0.182 e. The van der Waals surface area contributed by atoms with Crippen LogP contribution in [0.4, 0.5) is 5.82 Å². The van der Waals surface area contributed by atoms with Crippen molar-refractivity contribution >= 4 is 28.0 Å². The highest BCUT2D eigenvalue weighted by Crippen LogP contribution is 2.35. The number of imidazole rings is 2. The summed E-state index contributed by atoms with van der Waals surface area (Å²) >= 11 is 0. The van der Waals surface area contributed by atoms with Gasteiger partial charge in [-0.05, 0) is 31.9 Å². The molecule has 1 aromatic carbocycles. The highest BCUT2D eigenvalue weighted by atomic mass is 15.2. The monoisotopic (exact) mass is 361 g/mol. The van der Waals surface area contributed by atoms with Crippen LogP contribution in [0.1, 0.15) is 56.9 Å². The number of hydrogen-bond donors (Lipinski definition) is 2. The first-order valence-corrected chi connectivity index (χ1v) is 9.69. The van der Waals surface area contributed by atoms with E-state index in [-0.39, 0.29) is 6.04 Å². The first kappa shape index (κ1) is 16.2. The minimum absolute atomic E-state index is 0.0146. The molecule has 2 N–H and O–H groups in total. The molecule has 0 amide bonds. The Balaban J connectivity index is 1.56. The van der Waals surface area contributed by atoms with Gasteiger partial charge in [-0.2, -0.15) is 0 Å². The van der Waals surface area contributed by atoms with Gasteiger partial charge in [0.15, 0.2) is 11.5 Å². The highest BCUT2D eigenvalue weighted by molar-refractivity contribution is 5.82. The Morgan fingerprint density at radius 2 is 1.96 bits per heavy atom. The van der Waals surface area contributed by atoms with Crippen LogP contribution in [0.25, 0.3) is 22.2 Å². The van der Waals surface area contributed by atoms with E-state index < -0.39 is 0 Å². The van der Waals surface area contributed by atoms with E-state index >= 15 is 0 Å². The zero-order valence-corrected chi connectivity index (χ0v) is 15.4. The standard InChI is InChI=1S/C20H23N7/c1-13(25-19-17-18(22-11-21-17)23-12-24-19)20-26-15-9-5-6-10-16(15)27(20)14-7-3-2-4-8-14/h5-6,9-14H,2-4,7-8H2,1H3,(H2,21,22,23,24,25)/t13-/m0/s1. The molecule has 1 aliphatic rings. The third-order valence-corrected chi connectivity index (χ3v) is 5.53. The van der Waals surface area contributed by atoms with Crippen molar-refractivity contribution in [1.82, 2.24) is 29.5 Å². The fourth-order valence-corrected chi connectivity index (χ4v) is 4.24. The Morgan fingerprint density at radius 3 is 2.85 bits per heavy atom. The normalized spacial score (nSPS) is 16.8. The molecule has 27 heavy (non-hydrogen) atoms. The van der Waals surface area contributed by atoms with Crippen LogP contribution < -0.4 is 5.32 Å². The molecule has 4 aromatic rings. The van der Waals surface area contributed by atoms with Crippen molar-refractivity contribution in [3.63, 3.8) is 0 Å². The summed E-state index contributed by atoms with van der Waals surface area (Å²) in [6.45, 7) is 2.14. The molecule has 7 nitrogen and oxygen atoms in total. The third kappa shape index (κ3) is 2.83. The van der Waals surface area contributed by atoms with E-state index in [1.54, 1.807) is 12.7 Å². The molecule has 1 fully saturated rings. The maximum absolute atomic E-state index is 4.98. The molecule has 3 heterocycles. The Morgan fingerprint density at radius 1 is 1.11 bits per heavy atom. The van der Waals surface area contributed by atoms with Gasteiger partial charge in [-0.15, -0.1) is 0 Å². The summed E-state index contributed by atoms with van der Waals surface area (Å²) in [5.41, 5.74) is 3.77. The summed E-state index contributed by atoms with van der Waals surface area (Å²) < 4.78 is 2.46. The van der Waals surface area contributed by atoms with Crippen molar-refractivity contribution < 1.29 is 0 Å². The number of benzene rings is 1. The van der Waals surface area contributed by atoms with Gasteiger partial charge in [-0.25, -0.2) is 19.9 Å². The number of rotatable bonds is 4. The molecule has 0 radical (unpaired) electrons. The van der Waals surface area contributed by atoms with Crippen LogP contribution in [-0.4, -0.2) is 29.5 Å². The van der Waals surface area contributed by atoms with Crippen LogP contribution in [0.3, 0.4) is 0 Å². The molecule has 1 aliphatic carbocycles. The van der Waals surface area contributed by atoms with Crippen LogP contribution in [0.5, 0.6) is 0 Å². The van der Waals surface area contributed by atoms with Crippen molar-refractivity contribution in [3.8, 4) is 0 Å². The molecule has 0 spiro atoms. The summed E-state index contributed by atoms with van der Waals surface area (Å²) in [5.74, 6) is 1.82. The van der Waals surface area contributed by atoms with Gasteiger partial charge in [0.25, 0.3) is 0 Å². The maximum atomic E-state index is 4.98. The molecule has 138 valence electrons.